The molecule has 1 aromatic heterocycles. The highest BCUT2D eigenvalue weighted by Gasteiger charge is 2.22. The minimum Gasteiger partial charge on any atom is -0.478 e. The third-order valence-corrected chi connectivity index (χ3v) is 2.79. The van der Waals surface area contributed by atoms with Gasteiger partial charge in [0.1, 0.15) is 17.2 Å². The van der Waals surface area contributed by atoms with Crippen LogP contribution in [0.1, 0.15) is 37.0 Å². The number of hydrogen-bond acceptors (Lipinski definition) is 3. The van der Waals surface area contributed by atoms with Gasteiger partial charge in [0.2, 0.25) is 0 Å². The lowest BCUT2D eigenvalue weighted by Crippen LogP contribution is -2.18. The molecule has 4 nitrogen and oxygen atoms in total. The molecular weight excluding hydrogens is 259 g/mol. The van der Waals surface area contributed by atoms with Gasteiger partial charge in [0, 0.05) is 17.2 Å². The van der Waals surface area contributed by atoms with Crippen molar-refractivity contribution < 1.29 is 14.3 Å². The average Bonchev–Trinajstić information content (AvgIpc) is 2.37. The number of carboxylic acid groups (broad SMARTS) is 1. The predicted molar refractivity (Wildman–Crippen MR) is 73.1 cm³/mol. The molecule has 0 saturated heterocycles. The molecule has 0 bridgehead atoms. The first kappa shape index (κ1) is 14.1. The highest BCUT2D eigenvalue weighted by atomic mass is 19.1. The van der Waals surface area contributed by atoms with Crippen molar-refractivity contribution in [3.05, 3.63) is 47.7 Å². The van der Waals surface area contributed by atoms with E-state index < -0.39 is 11.8 Å². The molecule has 0 aliphatic heterocycles. The SMILES string of the molecule is CC(C)(C)c1ncc(C(=O)O)c(-c2cccc(F)c2)n1. The maximum atomic E-state index is 13.3. The van der Waals surface area contributed by atoms with Crippen LogP contribution in [0.25, 0.3) is 11.3 Å². The highest BCUT2D eigenvalue weighted by Crippen LogP contribution is 2.26. The Balaban J connectivity index is 2.67. The number of rotatable bonds is 2. The number of nitrogens with zero attached hydrogens (tertiary/aromatic N) is 2. The molecule has 0 aliphatic carbocycles. The van der Waals surface area contributed by atoms with Crippen LogP contribution >= 0.6 is 0 Å². The number of hydrogen-bond donors (Lipinski definition) is 1. The fourth-order valence-corrected chi connectivity index (χ4v) is 1.76. The topological polar surface area (TPSA) is 63.1 Å². The molecule has 5 heteroatoms. The second-order valence-corrected chi connectivity index (χ2v) is 5.52. The summed E-state index contributed by atoms with van der Waals surface area (Å²) in [5, 5.41) is 9.22. The number of benzene rings is 1. The number of carboxylic acids is 1. The first-order valence-electron chi connectivity index (χ1n) is 6.16. The second-order valence-electron chi connectivity index (χ2n) is 5.52. The zero-order chi connectivity index (χ0) is 14.9. The molecule has 0 spiro atoms. The van der Waals surface area contributed by atoms with E-state index in [2.05, 4.69) is 9.97 Å². The van der Waals surface area contributed by atoms with Crippen LogP contribution in [0.15, 0.2) is 30.5 Å². The molecule has 0 saturated carbocycles. The molecule has 0 atom stereocenters. The summed E-state index contributed by atoms with van der Waals surface area (Å²) >= 11 is 0. The van der Waals surface area contributed by atoms with E-state index in [1.54, 1.807) is 6.07 Å². The van der Waals surface area contributed by atoms with E-state index >= 15 is 0 Å². The fraction of sp³-hybridized carbons (Fsp3) is 0.267. The summed E-state index contributed by atoms with van der Waals surface area (Å²) in [6.45, 7) is 5.79. The van der Waals surface area contributed by atoms with Crippen molar-refractivity contribution in [2.45, 2.75) is 26.2 Å². The van der Waals surface area contributed by atoms with Gasteiger partial charge in [-0.3, -0.25) is 0 Å². The molecule has 20 heavy (non-hydrogen) atoms. The van der Waals surface area contributed by atoms with E-state index in [0.29, 0.717) is 11.4 Å². The van der Waals surface area contributed by atoms with Crippen molar-refractivity contribution in [2.24, 2.45) is 0 Å². The van der Waals surface area contributed by atoms with E-state index in [9.17, 15) is 14.3 Å². The second kappa shape index (κ2) is 5.00. The summed E-state index contributed by atoms with van der Waals surface area (Å²) in [5.41, 5.74) is 0.301. The predicted octanol–water partition coefficient (Wildman–Crippen LogP) is 3.28. The Bertz CT molecular complexity index is 663. The Morgan fingerprint density at radius 3 is 2.55 bits per heavy atom. The van der Waals surface area contributed by atoms with Gasteiger partial charge in [-0.1, -0.05) is 32.9 Å². The van der Waals surface area contributed by atoms with Crippen molar-refractivity contribution in [3.8, 4) is 11.3 Å². The van der Waals surface area contributed by atoms with Crippen LogP contribution in [-0.4, -0.2) is 21.0 Å². The third kappa shape index (κ3) is 2.82. The smallest absolute Gasteiger partial charge is 0.339 e. The Hall–Kier alpha value is -2.30. The average molecular weight is 274 g/mol. The molecule has 0 amide bonds. The minimum atomic E-state index is -1.13. The summed E-state index contributed by atoms with van der Waals surface area (Å²) in [5.74, 6) is -1.05. The molecule has 0 aliphatic rings. The zero-order valence-corrected chi connectivity index (χ0v) is 11.5. The summed E-state index contributed by atoms with van der Waals surface area (Å²) in [6.07, 6.45) is 1.27. The number of aromatic carboxylic acids is 1. The lowest BCUT2D eigenvalue weighted by Gasteiger charge is -2.18. The molecular formula is C15H15FN2O2. The van der Waals surface area contributed by atoms with Crippen LogP contribution in [0, 0.1) is 5.82 Å². The van der Waals surface area contributed by atoms with Crippen LogP contribution in [0.2, 0.25) is 0 Å². The van der Waals surface area contributed by atoms with Gasteiger partial charge in [0.05, 0.1) is 5.69 Å². The molecule has 2 aromatic rings. The Morgan fingerprint density at radius 2 is 2.00 bits per heavy atom. The van der Waals surface area contributed by atoms with Crippen molar-refractivity contribution in [3.63, 3.8) is 0 Å². The maximum absolute atomic E-state index is 13.3. The quantitative estimate of drug-likeness (QED) is 0.912. The Labute approximate surface area is 116 Å². The Morgan fingerprint density at radius 1 is 1.30 bits per heavy atom. The lowest BCUT2D eigenvalue weighted by molar-refractivity contribution is 0.0696. The summed E-state index contributed by atoms with van der Waals surface area (Å²) < 4.78 is 13.3. The van der Waals surface area contributed by atoms with Gasteiger partial charge >= 0.3 is 5.97 Å². The van der Waals surface area contributed by atoms with Gasteiger partial charge in [-0.2, -0.15) is 0 Å². The van der Waals surface area contributed by atoms with E-state index in [1.807, 2.05) is 20.8 Å². The number of carbonyl (C=O) groups is 1. The first-order chi connectivity index (χ1) is 9.29. The van der Waals surface area contributed by atoms with E-state index in [-0.39, 0.29) is 16.7 Å². The summed E-state index contributed by atoms with van der Waals surface area (Å²) in [6, 6.07) is 5.72. The summed E-state index contributed by atoms with van der Waals surface area (Å²) in [4.78, 5) is 19.7. The lowest BCUT2D eigenvalue weighted by atomic mass is 9.95. The highest BCUT2D eigenvalue weighted by molar-refractivity contribution is 5.94. The van der Waals surface area contributed by atoms with Gasteiger partial charge in [-0.25, -0.2) is 19.2 Å². The molecule has 2 rings (SSSR count). The van der Waals surface area contributed by atoms with Crippen molar-refractivity contribution in [1.29, 1.82) is 0 Å². The van der Waals surface area contributed by atoms with E-state index in [1.165, 1.54) is 24.4 Å². The maximum Gasteiger partial charge on any atom is 0.339 e. The zero-order valence-electron chi connectivity index (χ0n) is 11.5. The monoisotopic (exact) mass is 274 g/mol. The van der Waals surface area contributed by atoms with Crippen molar-refractivity contribution in [1.82, 2.24) is 9.97 Å². The Kier molecular flexibility index (Phi) is 3.53. The molecule has 1 heterocycles. The van der Waals surface area contributed by atoms with Gasteiger partial charge in [-0.05, 0) is 12.1 Å². The molecule has 104 valence electrons. The van der Waals surface area contributed by atoms with Crippen molar-refractivity contribution >= 4 is 5.97 Å². The van der Waals surface area contributed by atoms with Gasteiger partial charge in [-0.15, -0.1) is 0 Å². The number of aromatic nitrogens is 2. The van der Waals surface area contributed by atoms with Crippen molar-refractivity contribution in [2.75, 3.05) is 0 Å². The molecule has 1 N–H and O–H groups in total. The van der Waals surface area contributed by atoms with Crippen LogP contribution in [0.5, 0.6) is 0 Å². The first-order valence-corrected chi connectivity index (χ1v) is 6.16. The fourth-order valence-electron chi connectivity index (χ4n) is 1.76. The molecule has 1 aromatic carbocycles. The van der Waals surface area contributed by atoms with Crippen LogP contribution in [-0.2, 0) is 5.41 Å². The normalized spacial score (nSPS) is 11.4. The third-order valence-electron chi connectivity index (χ3n) is 2.79. The van der Waals surface area contributed by atoms with E-state index in [0.717, 1.165) is 0 Å². The van der Waals surface area contributed by atoms with Gasteiger partial charge in [0.15, 0.2) is 0 Å². The largest absolute Gasteiger partial charge is 0.478 e. The van der Waals surface area contributed by atoms with E-state index in [4.69, 9.17) is 0 Å². The van der Waals surface area contributed by atoms with Gasteiger partial charge < -0.3 is 5.11 Å². The van der Waals surface area contributed by atoms with Crippen LogP contribution in [0.4, 0.5) is 4.39 Å². The van der Waals surface area contributed by atoms with Gasteiger partial charge in [0.25, 0.3) is 0 Å². The standard InChI is InChI=1S/C15H15FN2O2/c1-15(2,3)14-17-8-11(13(19)20)12(18-14)9-5-4-6-10(16)7-9/h4-8H,1-3H3,(H,19,20). The van der Waals surface area contributed by atoms with Crippen LogP contribution in [0.3, 0.4) is 0 Å². The molecule has 0 unspecified atom stereocenters. The summed E-state index contributed by atoms with van der Waals surface area (Å²) in [7, 11) is 0. The molecule has 0 radical (unpaired) electrons. The van der Waals surface area contributed by atoms with Crippen LogP contribution < -0.4 is 0 Å². The minimum absolute atomic E-state index is 0.0383. The number of halogens is 1. The molecule has 0 fully saturated rings.